The van der Waals surface area contributed by atoms with E-state index in [0.717, 1.165) is 59.8 Å². The monoisotopic (exact) mass is 488 g/mol. The van der Waals surface area contributed by atoms with Gasteiger partial charge in [-0.1, -0.05) is 37.3 Å². The molecule has 0 radical (unpaired) electrons. The summed E-state index contributed by atoms with van der Waals surface area (Å²) in [5, 5.41) is 8.04. The number of carbonyl (C=O) groups excluding carboxylic acids is 2. The van der Waals surface area contributed by atoms with Gasteiger partial charge in [0.2, 0.25) is 12.3 Å². The zero-order valence-corrected chi connectivity index (χ0v) is 21.1. The van der Waals surface area contributed by atoms with Gasteiger partial charge in [0, 0.05) is 17.1 Å². The van der Waals surface area contributed by atoms with Gasteiger partial charge in [0.25, 0.3) is 0 Å². The second-order valence-corrected chi connectivity index (χ2v) is 11.4. The molecule has 2 heterocycles. The summed E-state index contributed by atoms with van der Waals surface area (Å²) in [6, 6.07) is 5.66. The van der Waals surface area contributed by atoms with Crippen LogP contribution in [0.2, 0.25) is 5.02 Å². The highest BCUT2D eigenvalue weighted by Crippen LogP contribution is 2.38. The molecule has 1 atom stereocenters. The highest BCUT2D eigenvalue weighted by Gasteiger charge is 2.35. The Bertz CT molecular complexity index is 998. The molecule has 178 valence electrons. The van der Waals surface area contributed by atoms with Gasteiger partial charge in [0.05, 0.1) is 26.9 Å². The van der Waals surface area contributed by atoms with Crippen LogP contribution in [-0.2, 0) is 15.1 Å². The van der Waals surface area contributed by atoms with Gasteiger partial charge in [0.15, 0.2) is 0 Å². The van der Waals surface area contributed by atoms with Crippen molar-refractivity contribution >= 4 is 45.9 Å². The number of rotatable bonds is 10. The summed E-state index contributed by atoms with van der Waals surface area (Å²) >= 11 is 7.69. The zero-order chi connectivity index (χ0) is 23.6. The molecule has 0 bridgehead atoms. The number of halogens is 1. The lowest BCUT2D eigenvalue weighted by Gasteiger charge is -2.29. The molecule has 33 heavy (non-hydrogen) atoms. The number of hydrogen-bond acceptors (Lipinski definition) is 5. The quantitative estimate of drug-likeness (QED) is 0.424. The molecular formula is C25H33ClN4O2S. The van der Waals surface area contributed by atoms with Crippen LogP contribution < -0.4 is 15.5 Å². The maximum absolute atomic E-state index is 13.1. The van der Waals surface area contributed by atoms with Crippen LogP contribution in [0, 0.1) is 12.8 Å². The number of amides is 2. The molecule has 0 saturated heterocycles. The lowest BCUT2D eigenvalue weighted by molar-refractivity contribution is -0.124. The maximum Gasteiger partial charge on any atom is 0.243 e. The van der Waals surface area contributed by atoms with E-state index in [9.17, 15) is 9.59 Å². The lowest BCUT2D eigenvalue weighted by atomic mass is 9.97. The first-order chi connectivity index (χ1) is 15.8. The van der Waals surface area contributed by atoms with E-state index in [1.54, 1.807) is 11.1 Å². The molecule has 2 aliphatic rings. The number of aryl methyl sites for hydroxylation is 1. The van der Waals surface area contributed by atoms with E-state index in [2.05, 4.69) is 29.5 Å². The Balaban J connectivity index is 1.55. The third kappa shape index (κ3) is 5.87. The number of pyridine rings is 1. The van der Waals surface area contributed by atoms with Gasteiger partial charge in [-0.25, -0.2) is 0 Å². The van der Waals surface area contributed by atoms with Crippen LogP contribution in [-0.4, -0.2) is 29.4 Å². The Labute approximate surface area is 205 Å². The van der Waals surface area contributed by atoms with Gasteiger partial charge in [-0.3, -0.25) is 19.5 Å². The topological polar surface area (TPSA) is 74.3 Å². The molecule has 2 aromatic heterocycles. The van der Waals surface area contributed by atoms with Crippen molar-refractivity contribution in [3.63, 3.8) is 0 Å². The van der Waals surface area contributed by atoms with Crippen LogP contribution in [0.15, 0.2) is 24.4 Å². The fourth-order valence-electron chi connectivity index (χ4n) is 4.55. The molecule has 0 unspecified atom stereocenters. The minimum atomic E-state index is -0.465. The normalized spacial score (nSPS) is 17.6. The van der Waals surface area contributed by atoms with E-state index in [1.807, 2.05) is 25.1 Å². The first-order valence-corrected chi connectivity index (χ1v) is 13.0. The van der Waals surface area contributed by atoms with Crippen molar-refractivity contribution in [3.05, 3.63) is 40.0 Å². The molecule has 0 spiro atoms. The Morgan fingerprint density at radius 3 is 2.70 bits per heavy atom. The zero-order valence-electron chi connectivity index (χ0n) is 19.6. The van der Waals surface area contributed by atoms with E-state index < -0.39 is 11.6 Å². The number of anilines is 2. The predicted octanol–water partition coefficient (Wildman–Crippen LogP) is 5.64. The van der Waals surface area contributed by atoms with E-state index in [0.29, 0.717) is 10.9 Å². The molecule has 0 aromatic carbocycles. The van der Waals surface area contributed by atoms with Gasteiger partial charge < -0.3 is 10.6 Å². The van der Waals surface area contributed by atoms with E-state index in [-0.39, 0.29) is 11.9 Å². The van der Waals surface area contributed by atoms with Crippen molar-refractivity contribution in [2.24, 2.45) is 5.92 Å². The molecule has 2 N–H and O–H groups in total. The number of nitrogens with zero attached hydrogens (tertiary/aromatic N) is 2. The second kappa shape index (κ2) is 10.0. The van der Waals surface area contributed by atoms with Gasteiger partial charge in [0.1, 0.15) is 6.04 Å². The molecule has 0 aliphatic heterocycles. The van der Waals surface area contributed by atoms with Crippen LogP contribution in [0.5, 0.6) is 0 Å². The minimum Gasteiger partial charge on any atom is -0.374 e. The molecule has 2 saturated carbocycles. The summed E-state index contributed by atoms with van der Waals surface area (Å²) in [5.41, 5.74) is 1.33. The molecule has 2 aromatic rings. The van der Waals surface area contributed by atoms with E-state index in [4.69, 9.17) is 11.6 Å². The Hall–Kier alpha value is -2.12. The van der Waals surface area contributed by atoms with Crippen LogP contribution in [0.4, 0.5) is 10.7 Å². The first-order valence-electron chi connectivity index (χ1n) is 11.8. The third-order valence-corrected chi connectivity index (χ3v) is 8.30. The van der Waals surface area contributed by atoms with E-state index >= 15 is 0 Å². The van der Waals surface area contributed by atoms with Gasteiger partial charge in [-0.15, -0.1) is 11.3 Å². The van der Waals surface area contributed by atoms with Crippen molar-refractivity contribution in [1.82, 2.24) is 10.3 Å². The van der Waals surface area contributed by atoms with Crippen LogP contribution in [0.1, 0.15) is 69.4 Å². The molecule has 2 aliphatic carbocycles. The van der Waals surface area contributed by atoms with Crippen LogP contribution in [0.3, 0.4) is 0 Å². The van der Waals surface area contributed by atoms with Crippen molar-refractivity contribution in [1.29, 1.82) is 0 Å². The van der Waals surface area contributed by atoms with Crippen molar-refractivity contribution in [2.45, 2.75) is 83.3 Å². The SMILES string of the molecule is Cc1ncc(Cl)cc1NC(C)(C)c1ccc(N(C=O)[C@@H](CC2CCCC2)C(=O)NC2CC2)s1. The van der Waals surface area contributed by atoms with Crippen molar-refractivity contribution in [2.75, 3.05) is 10.2 Å². The summed E-state index contributed by atoms with van der Waals surface area (Å²) in [5.74, 6) is 0.475. The number of hydrogen-bond donors (Lipinski definition) is 2. The smallest absolute Gasteiger partial charge is 0.243 e. The summed E-state index contributed by atoms with van der Waals surface area (Å²) in [6.45, 7) is 6.11. The molecule has 8 heteroatoms. The minimum absolute atomic E-state index is 0.0236. The number of nitrogens with one attached hydrogen (secondary N) is 2. The first kappa shape index (κ1) is 24.0. The lowest BCUT2D eigenvalue weighted by Crippen LogP contribution is -2.48. The summed E-state index contributed by atoms with van der Waals surface area (Å²) in [7, 11) is 0. The highest BCUT2D eigenvalue weighted by atomic mass is 35.5. The van der Waals surface area contributed by atoms with Crippen LogP contribution >= 0.6 is 22.9 Å². The summed E-state index contributed by atoms with van der Waals surface area (Å²) in [6.07, 6.45) is 9.95. The summed E-state index contributed by atoms with van der Waals surface area (Å²) < 4.78 is 0. The molecule has 6 nitrogen and oxygen atoms in total. The Morgan fingerprint density at radius 1 is 1.30 bits per heavy atom. The van der Waals surface area contributed by atoms with Crippen molar-refractivity contribution in [3.8, 4) is 0 Å². The number of aromatic nitrogens is 1. The van der Waals surface area contributed by atoms with Gasteiger partial charge in [-0.2, -0.15) is 0 Å². The number of thiophene rings is 1. The van der Waals surface area contributed by atoms with Crippen LogP contribution in [0.25, 0.3) is 0 Å². The van der Waals surface area contributed by atoms with Gasteiger partial charge in [-0.05, 0) is 64.2 Å². The molecule has 2 amide bonds. The molecular weight excluding hydrogens is 456 g/mol. The Kier molecular flexibility index (Phi) is 7.29. The fraction of sp³-hybridized carbons (Fsp3) is 0.560. The van der Waals surface area contributed by atoms with E-state index in [1.165, 1.54) is 24.2 Å². The van der Waals surface area contributed by atoms with Gasteiger partial charge >= 0.3 is 0 Å². The Morgan fingerprint density at radius 2 is 2.03 bits per heavy atom. The average molecular weight is 489 g/mol. The highest BCUT2D eigenvalue weighted by molar-refractivity contribution is 7.16. The summed E-state index contributed by atoms with van der Waals surface area (Å²) in [4.78, 5) is 32.4. The predicted molar refractivity (Wildman–Crippen MR) is 135 cm³/mol. The average Bonchev–Trinajstić information content (AvgIpc) is 3.22. The standard InChI is InChI=1S/C25H33ClN4O2S/c1-16-20(13-18(26)14-27-16)29-25(2,3)22-10-11-23(33-22)30(15-31)21(12-17-6-4-5-7-17)24(32)28-19-8-9-19/h10-11,13-15,17,19,21,29H,4-9,12H2,1-3H3,(H,28,32)/t21-/m0/s1. The number of carbonyl (C=O) groups is 2. The molecule has 2 fully saturated rings. The molecule has 4 rings (SSSR count). The largest absolute Gasteiger partial charge is 0.374 e. The maximum atomic E-state index is 13.1. The fourth-order valence-corrected chi connectivity index (χ4v) is 5.78. The second-order valence-electron chi connectivity index (χ2n) is 9.87. The third-order valence-electron chi connectivity index (χ3n) is 6.67. The van der Waals surface area contributed by atoms with Crippen molar-refractivity contribution < 1.29 is 9.59 Å².